The number of carbonyl (C=O) groups excluding carboxylic acids is 1. The number of esters is 1. The van der Waals surface area contributed by atoms with Crippen molar-refractivity contribution in [3.05, 3.63) is 48.6 Å². The molecule has 6 N–H and O–H groups in total. The summed E-state index contributed by atoms with van der Waals surface area (Å²) in [5, 5.41) is 0. The summed E-state index contributed by atoms with van der Waals surface area (Å²) in [5.74, 6) is -0.311. The van der Waals surface area contributed by atoms with Crippen LogP contribution >= 0.6 is 0 Å². The van der Waals surface area contributed by atoms with Crippen molar-refractivity contribution in [2.75, 3.05) is 6.54 Å². The number of nitrogens with two attached hydrogens (primary N) is 3. The first-order chi connectivity index (χ1) is 23.5. The number of rotatable bonds is 35. The maximum atomic E-state index is 12.7. The summed E-state index contributed by atoms with van der Waals surface area (Å²) in [7, 11) is 0. The number of nitrogens with zero attached hydrogens (tertiary/aromatic N) is 1. The van der Waals surface area contributed by atoms with Gasteiger partial charge in [-0.25, -0.2) is 0 Å². The quantitative estimate of drug-likeness (QED) is 0.0204. The maximum absolute atomic E-state index is 12.7. The van der Waals surface area contributed by atoms with Crippen LogP contribution in [0.2, 0.25) is 0 Å². The van der Waals surface area contributed by atoms with Gasteiger partial charge < -0.3 is 21.9 Å². The van der Waals surface area contributed by atoms with E-state index in [4.69, 9.17) is 21.9 Å². The average molecular weight is 671 g/mol. The number of aliphatic imine (C=N–C) groups is 1. The predicted molar refractivity (Wildman–Crippen MR) is 211 cm³/mol. The summed E-state index contributed by atoms with van der Waals surface area (Å²) >= 11 is 0. The molecule has 0 aliphatic carbocycles. The highest BCUT2D eigenvalue weighted by Crippen LogP contribution is 2.18. The highest BCUT2D eigenvalue weighted by atomic mass is 16.5. The molecule has 0 fully saturated rings. The Labute approximate surface area is 297 Å². The van der Waals surface area contributed by atoms with Gasteiger partial charge in [0.05, 0.1) is 0 Å². The van der Waals surface area contributed by atoms with Crippen LogP contribution in [0.4, 0.5) is 0 Å². The molecule has 0 saturated carbocycles. The van der Waals surface area contributed by atoms with E-state index in [1.165, 1.54) is 128 Å². The van der Waals surface area contributed by atoms with Gasteiger partial charge in [-0.3, -0.25) is 9.79 Å². The molecule has 6 nitrogen and oxygen atoms in total. The lowest BCUT2D eigenvalue weighted by molar-refractivity contribution is -0.151. The molecular weight excluding hydrogens is 592 g/mol. The Kier molecular flexibility index (Phi) is 35.7. The van der Waals surface area contributed by atoms with E-state index in [0.717, 1.165) is 38.5 Å². The van der Waals surface area contributed by atoms with Crippen molar-refractivity contribution < 1.29 is 9.53 Å². The monoisotopic (exact) mass is 671 g/mol. The Morgan fingerprint density at radius 3 is 1.31 bits per heavy atom. The van der Waals surface area contributed by atoms with Crippen LogP contribution in [0.5, 0.6) is 0 Å². The normalized spacial score (nSPS) is 13.3. The minimum Gasteiger partial charge on any atom is -0.461 e. The van der Waals surface area contributed by atoms with Crippen LogP contribution in [0.3, 0.4) is 0 Å². The van der Waals surface area contributed by atoms with Gasteiger partial charge in [0.2, 0.25) is 0 Å². The van der Waals surface area contributed by atoms with Crippen molar-refractivity contribution >= 4 is 11.9 Å². The van der Waals surface area contributed by atoms with Gasteiger partial charge in [0.15, 0.2) is 5.96 Å². The van der Waals surface area contributed by atoms with Crippen LogP contribution in [0.1, 0.15) is 187 Å². The summed E-state index contributed by atoms with van der Waals surface area (Å²) in [6.45, 7) is 4.84. The van der Waals surface area contributed by atoms with Gasteiger partial charge in [-0.1, -0.05) is 140 Å². The lowest BCUT2D eigenvalue weighted by Crippen LogP contribution is -2.36. The van der Waals surface area contributed by atoms with E-state index in [1.807, 2.05) is 0 Å². The van der Waals surface area contributed by atoms with Crippen molar-refractivity contribution in [3.8, 4) is 0 Å². The lowest BCUT2D eigenvalue weighted by Gasteiger charge is -2.20. The zero-order chi connectivity index (χ0) is 35.2. The van der Waals surface area contributed by atoms with Gasteiger partial charge >= 0.3 is 5.97 Å². The topological polar surface area (TPSA) is 117 Å². The molecule has 0 heterocycles. The first-order valence-corrected chi connectivity index (χ1v) is 20.1. The molecule has 0 aromatic carbocycles. The number of ether oxygens (including phenoxy) is 1. The Bertz CT molecular complexity index is 797. The van der Waals surface area contributed by atoms with Gasteiger partial charge in [-0.2, -0.15) is 0 Å². The van der Waals surface area contributed by atoms with Crippen LogP contribution in [0.15, 0.2) is 53.6 Å². The Hall–Kier alpha value is -2.34. The standard InChI is InChI=1S/C42H78N4O2/c1-3-5-7-9-11-13-15-17-19-21-23-25-27-29-31-33-35-39(48-41(47)40(43)37-38-46-42(44)45)36-34-32-30-28-26-24-22-20-18-16-14-12-10-8-6-4-2/h11-14,17-20,39-40H,3-10,15-16,21-38,43H2,1-2H3,(H4,44,45,46). The zero-order valence-electron chi connectivity index (χ0n) is 31.6. The second-order valence-electron chi connectivity index (χ2n) is 13.5. The Balaban J connectivity index is 4.19. The van der Waals surface area contributed by atoms with Crippen molar-refractivity contribution in [1.82, 2.24) is 0 Å². The summed E-state index contributed by atoms with van der Waals surface area (Å²) < 4.78 is 5.92. The second-order valence-corrected chi connectivity index (χ2v) is 13.5. The van der Waals surface area contributed by atoms with E-state index in [2.05, 4.69) is 67.4 Å². The average Bonchev–Trinajstić information content (AvgIpc) is 3.07. The van der Waals surface area contributed by atoms with Gasteiger partial charge in [0.25, 0.3) is 0 Å². The molecule has 0 saturated heterocycles. The van der Waals surface area contributed by atoms with Crippen LogP contribution in [-0.4, -0.2) is 30.6 Å². The van der Waals surface area contributed by atoms with Crippen LogP contribution in [-0.2, 0) is 9.53 Å². The summed E-state index contributed by atoms with van der Waals surface area (Å²) in [6, 6.07) is -0.692. The lowest BCUT2D eigenvalue weighted by atomic mass is 10.0. The SMILES string of the molecule is CCCCCC=CCC=CCCCCCCCCC(CCCCCCCCC=CCC=CCCCCC)OC(=O)C(N)CCN=C(N)N. The molecule has 0 aliphatic heterocycles. The molecule has 0 spiro atoms. The molecule has 0 amide bonds. The fourth-order valence-electron chi connectivity index (χ4n) is 5.68. The third-order valence-electron chi connectivity index (χ3n) is 8.77. The van der Waals surface area contributed by atoms with Gasteiger partial charge in [-0.15, -0.1) is 0 Å². The third-order valence-corrected chi connectivity index (χ3v) is 8.77. The summed E-state index contributed by atoms with van der Waals surface area (Å²) in [6.07, 6.45) is 50.2. The number of carbonyl (C=O) groups is 1. The van der Waals surface area contributed by atoms with E-state index in [-0.39, 0.29) is 18.0 Å². The van der Waals surface area contributed by atoms with E-state index >= 15 is 0 Å². The van der Waals surface area contributed by atoms with Gasteiger partial charge in [0, 0.05) is 6.54 Å². The zero-order valence-corrected chi connectivity index (χ0v) is 31.6. The Morgan fingerprint density at radius 1 is 0.542 bits per heavy atom. The minimum atomic E-state index is -0.692. The number of unbranched alkanes of at least 4 members (excludes halogenated alkanes) is 18. The predicted octanol–water partition coefficient (Wildman–Crippen LogP) is 11.3. The van der Waals surface area contributed by atoms with Crippen molar-refractivity contribution in [2.24, 2.45) is 22.2 Å². The molecule has 0 aromatic rings. The Morgan fingerprint density at radius 2 is 0.917 bits per heavy atom. The van der Waals surface area contributed by atoms with E-state index < -0.39 is 6.04 Å². The maximum Gasteiger partial charge on any atom is 0.323 e. The molecule has 6 heteroatoms. The second kappa shape index (κ2) is 37.5. The molecule has 48 heavy (non-hydrogen) atoms. The molecule has 278 valence electrons. The molecule has 0 rings (SSSR count). The number of hydrogen-bond donors (Lipinski definition) is 3. The molecule has 1 atom stereocenters. The van der Waals surface area contributed by atoms with Crippen LogP contribution in [0.25, 0.3) is 0 Å². The van der Waals surface area contributed by atoms with E-state index in [0.29, 0.717) is 13.0 Å². The highest BCUT2D eigenvalue weighted by Gasteiger charge is 2.20. The first kappa shape index (κ1) is 45.7. The van der Waals surface area contributed by atoms with Crippen molar-refractivity contribution in [1.29, 1.82) is 0 Å². The van der Waals surface area contributed by atoms with Crippen LogP contribution < -0.4 is 17.2 Å². The molecule has 1 unspecified atom stereocenters. The number of guanidine groups is 1. The van der Waals surface area contributed by atoms with E-state index in [9.17, 15) is 4.79 Å². The van der Waals surface area contributed by atoms with Crippen LogP contribution in [0, 0.1) is 0 Å². The molecular formula is C42H78N4O2. The van der Waals surface area contributed by atoms with Crippen molar-refractivity contribution in [3.63, 3.8) is 0 Å². The molecule has 0 bridgehead atoms. The molecule has 0 radical (unpaired) electrons. The van der Waals surface area contributed by atoms with Gasteiger partial charge in [0.1, 0.15) is 12.1 Å². The molecule has 0 aliphatic rings. The first-order valence-electron chi connectivity index (χ1n) is 20.1. The third kappa shape index (κ3) is 35.0. The number of allylic oxidation sites excluding steroid dienone is 8. The largest absolute Gasteiger partial charge is 0.461 e. The summed E-state index contributed by atoms with van der Waals surface area (Å²) in [5.41, 5.74) is 16.9. The van der Waals surface area contributed by atoms with Gasteiger partial charge in [-0.05, 0) is 96.3 Å². The van der Waals surface area contributed by atoms with Crippen molar-refractivity contribution in [2.45, 2.75) is 199 Å². The fraction of sp³-hybridized carbons (Fsp3) is 0.762. The summed E-state index contributed by atoms with van der Waals surface area (Å²) in [4.78, 5) is 16.6. The van der Waals surface area contributed by atoms with E-state index in [1.54, 1.807) is 0 Å². The molecule has 0 aromatic heterocycles. The smallest absolute Gasteiger partial charge is 0.323 e. The number of hydrogen-bond acceptors (Lipinski definition) is 4. The fourth-order valence-corrected chi connectivity index (χ4v) is 5.68. The minimum absolute atomic E-state index is 0.0169. The highest BCUT2D eigenvalue weighted by molar-refractivity contribution is 5.76.